The van der Waals surface area contributed by atoms with Gasteiger partial charge in [-0.15, -0.1) is 13.2 Å². The van der Waals surface area contributed by atoms with Gasteiger partial charge < -0.3 is 10.8 Å². The molecule has 0 bridgehead atoms. The molecule has 0 aromatic carbocycles. The molecule has 0 unspecified atom stereocenters. The lowest BCUT2D eigenvalue weighted by Crippen LogP contribution is -2.20. The zero-order chi connectivity index (χ0) is 12.1. The van der Waals surface area contributed by atoms with E-state index in [1.807, 2.05) is 0 Å². The molecule has 0 saturated heterocycles. The van der Waals surface area contributed by atoms with E-state index in [1.165, 1.54) is 0 Å². The van der Waals surface area contributed by atoms with E-state index in [0.29, 0.717) is 12.8 Å². The Bertz CT molecular complexity index is 448. The molecule has 8 heteroatoms. The maximum absolute atomic E-state index is 12.4. The van der Waals surface area contributed by atoms with Crippen LogP contribution in [0.5, 0.6) is 0 Å². The Morgan fingerprint density at radius 2 is 2.06 bits per heavy atom. The minimum absolute atomic E-state index is 0.00447. The van der Waals surface area contributed by atoms with Crippen molar-refractivity contribution in [3.05, 3.63) is 11.3 Å². The molecule has 3 N–H and O–H groups in total. The average Bonchev–Trinajstić information content (AvgIpc) is 2.87. The lowest BCUT2D eigenvalue weighted by molar-refractivity contribution is -0.210. The lowest BCUT2D eigenvalue weighted by atomic mass is 10.1. The van der Waals surface area contributed by atoms with E-state index >= 15 is 0 Å². The number of rotatable bonds is 2. The van der Waals surface area contributed by atoms with Gasteiger partial charge in [-0.05, 0) is 18.8 Å². The Morgan fingerprint density at radius 1 is 1.50 bits per heavy atom. The highest BCUT2D eigenvalue weighted by Crippen LogP contribution is 2.45. The van der Waals surface area contributed by atoms with Gasteiger partial charge in [0.2, 0.25) is 0 Å². The quantitative estimate of drug-likeness (QED) is 0.814. The number of alkyl halides is 3. The number of anilines is 1. The number of nitrogens with zero attached hydrogens (tertiary/aromatic N) is 2. The molecule has 16 heavy (non-hydrogen) atoms. The minimum Gasteiger partial charge on any atom is -0.476 e. The summed E-state index contributed by atoms with van der Waals surface area (Å²) in [5, 5.41) is 11.8. The van der Waals surface area contributed by atoms with Gasteiger partial charge in [-0.1, -0.05) is 0 Å². The van der Waals surface area contributed by atoms with Gasteiger partial charge in [0.1, 0.15) is 5.82 Å². The zero-order valence-electron chi connectivity index (χ0n) is 7.95. The summed E-state index contributed by atoms with van der Waals surface area (Å²) in [6.45, 7) is 0. The molecular weight excluding hydrogens is 227 g/mol. The molecule has 1 aromatic heterocycles. The highest BCUT2D eigenvalue weighted by atomic mass is 19.4. The molecule has 0 atom stereocenters. The molecule has 1 saturated carbocycles. The molecule has 1 heterocycles. The SMILES string of the molecule is Nc1c(C2CC2)c(C(=O)O)nn1C(F)(F)F. The van der Waals surface area contributed by atoms with Crippen molar-refractivity contribution in [2.24, 2.45) is 0 Å². The van der Waals surface area contributed by atoms with Crippen LogP contribution in [0, 0.1) is 0 Å². The largest absolute Gasteiger partial charge is 0.506 e. The Kier molecular flexibility index (Phi) is 2.11. The van der Waals surface area contributed by atoms with Crippen LogP contribution in [0.4, 0.5) is 19.0 Å². The summed E-state index contributed by atoms with van der Waals surface area (Å²) in [6, 6.07) is 0. The standard InChI is InChI=1S/C8H8F3N3O2/c9-8(10,11)14-6(12)4(3-1-2-3)5(13-14)7(15)16/h3H,1-2,12H2,(H,15,16). The molecular formula is C8H8F3N3O2. The molecule has 0 amide bonds. The van der Waals surface area contributed by atoms with Crippen LogP contribution >= 0.6 is 0 Å². The second-order valence-corrected chi connectivity index (χ2v) is 3.61. The minimum atomic E-state index is -4.79. The number of hydrogen-bond donors (Lipinski definition) is 2. The number of hydrogen-bond acceptors (Lipinski definition) is 3. The first-order chi connectivity index (χ1) is 7.32. The first-order valence-corrected chi connectivity index (χ1v) is 4.51. The van der Waals surface area contributed by atoms with Crippen LogP contribution in [0.1, 0.15) is 34.8 Å². The summed E-state index contributed by atoms with van der Waals surface area (Å²) >= 11 is 0. The van der Waals surface area contributed by atoms with Crippen molar-refractivity contribution >= 4 is 11.8 Å². The summed E-state index contributed by atoms with van der Waals surface area (Å²) in [5.41, 5.74) is 4.69. The highest BCUT2D eigenvalue weighted by molar-refractivity contribution is 5.89. The maximum Gasteiger partial charge on any atom is 0.506 e. The summed E-state index contributed by atoms with van der Waals surface area (Å²) < 4.78 is 36.9. The van der Waals surface area contributed by atoms with E-state index in [9.17, 15) is 18.0 Å². The van der Waals surface area contributed by atoms with Crippen molar-refractivity contribution in [1.29, 1.82) is 0 Å². The second-order valence-electron chi connectivity index (χ2n) is 3.61. The number of carbonyl (C=O) groups is 1. The number of halogens is 3. The molecule has 1 aliphatic rings. The summed E-state index contributed by atoms with van der Waals surface area (Å²) in [4.78, 5) is 10.7. The fraction of sp³-hybridized carbons (Fsp3) is 0.500. The average molecular weight is 235 g/mol. The summed E-state index contributed by atoms with van der Waals surface area (Å²) in [7, 11) is 0. The molecule has 1 aromatic rings. The van der Waals surface area contributed by atoms with Crippen molar-refractivity contribution in [1.82, 2.24) is 9.78 Å². The topological polar surface area (TPSA) is 81.1 Å². The van der Waals surface area contributed by atoms with E-state index in [-0.39, 0.29) is 16.2 Å². The van der Waals surface area contributed by atoms with Gasteiger partial charge in [0.05, 0.1) is 0 Å². The first-order valence-electron chi connectivity index (χ1n) is 4.51. The fourth-order valence-electron chi connectivity index (χ4n) is 1.57. The molecule has 1 fully saturated rings. The van der Waals surface area contributed by atoms with Crippen molar-refractivity contribution in [3.63, 3.8) is 0 Å². The van der Waals surface area contributed by atoms with Gasteiger partial charge >= 0.3 is 12.3 Å². The number of aromatic carboxylic acids is 1. The van der Waals surface area contributed by atoms with Crippen LogP contribution in [-0.2, 0) is 6.30 Å². The van der Waals surface area contributed by atoms with Gasteiger partial charge in [0.25, 0.3) is 0 Å². The van der Waals surface area contributed by atoms with E-state index in [1.54, 1.807) is 0 Å². The summed E-state index contributed by atoms with van der Waals surface area (Å²) in [5.74, 6) is -2.31. The summed E-state index contributed by atoms with van der Waals surface area (Å²) in [6.07, 6.45) is -3.50. The molecule has 0 aliphatic heterocycles. The monoisotopic (exact) mass is 235 g/mol. The number of nitrogen functional groups attached to an aromatic ring is 1. The van der Waals surface area contributed by atoms with Crippen LogP contribution in [0.25, 0.3) is 0 Å². The first kappa shape index (κ1) is 10.8. The van der Waals surface area contributed by atoms with Gasteiger partial charge in [0, 0.05) is 5.56 Å². The van der Waals surface area contributed by atoms with Gasteiger partial charge in [-0.3, -0.25) is 0 Å². The van der Waals surface area contributed by atoms with Crippen molar-refractivity contribution in [2.75, 3.05) is 5.73 Å². The van der Waals surface area contributed by atoms with E-state index in [0.717, 1.165) is 0 Å². The Balaban J connectivity index is 2.58. The van der Waals surface area contributed by atoms with Crippen LogP contribution in [0.15, 0.2) is 0 Å². The van der Waals surface area contributed by atoms with Crippen LogP contribution in [0.2, 0.25) is 0 Å². The van der Waals surface area contributed by atoms with Crippen molar-refractivity contribution in [3.8, 4) is 0 Å². The number of nitrogens with two attached hydrogens (primary N) is 1. The highest BCUT2D eigenvalue weighted by Gasteiger charge is 2.41. The van der Waals surface area contributed by atoms with Crippen LogP contribution in [-0.4, -0.2) is 20.9 Å². The van der Waals surface area contributed by atoms with Crippen molar-refractivity contribution in [2.45, 2.75) is 25.1 Å². The van der Waals surface area contributed by atoms with Crippen LogP contribution < -0.4 is 5.73 Å². The predicted molar refractivity (Wildman–Crippen MR) is 46.9 cm³/mol. The second kappa shape index (κ2) is 3.13. The van der Waals surface area contributed by atoms with E-state index in [2.05, 4.69) is 5.10 Å². The Morgan fingerprint density at radius 3 is 2.44 bits per heavy atom. The maximum atomic E-state index is 12.4. The van der Waals surface area contributed by atoms with E-state index < -0.39 is 23.8 Å². The third-order valence-corrected chi connectivity index (χ3v) is 2.39. The van der Waals surface area contributed by atoms with Crippen molar-refractivity contribution < 1.29 is 23.1 Å². The molecule has 88 valence electrons. The van der Waals surface area contributed by atoms with E-state index in [4.69, 9.17) is 10.8 Å². The number of aromatic nitrogens is 2. The lowest BCUT2D eigenvalue weighted by Gasteiger charge is -2.07. The molecule has 2 rings (SSSR count). The fourth-order valence-corrected chi connectivity index (χ4v) is 1.57. The normalized spacial score (nSPS) is 16.4. The molecule has 5 nitrogen and oxygen atoms in total. The van der Waals surface area contributed by atoms with Gasteiger partial charge in [-0.2, -0.15) is 9.78 Å². The Hall–Kier alpha value is -1.73. The number of carboxylic acids is 1. The Labute approximate surface area is 87.6 Å². The smallest absolute Gasteiger partial charge is 0.476 e. The zero-order valence-corrected chi connectivity index (χ0v) is 7.95. The predicted octanol–water partition coefficient (Wildman–Crippen LogP) is 1.52. The van der Waals surface area contributed by atoms with Crippen LogP contribution in [0.3, 0.4) is 0 Å². The van der Waals surface area contributed by atoms with Gasteiger partial charge in [-0.25, -0.2) is 4.79 Å². The number of carboxylic acid groups (broad SMARTS) is 1. The molecule has 0 spiro atoms. The third-order valence-electron chi connectivity index (χ3n) is 2.39. The third kappa shape index (κ3) is 1.59. The molecule has 0 radical (unpaired) electrons. The van der Waals surface area contributed by atoms with Gasteiger partial charge in [0.15, 0.2) is 5.69 Å². The molecule has 1 aliphatic carbocycles.